The Kier molecular flexibility index (Phi) is 5.78. The van der Waals surface area contributed by atoms with Crippen LogP contribution >= 0.6 is 38.9 Å². The van der Waals surface area contributed by atoms with Crippen LogP contribution in [0, 0.1) is 5.41 Å². The molecule has 1 aromatic rings. The molecule has 1 heterocycles. The SMILES string of the molecule is CC(C)(C)CC(Cl)CNCc1sccc1Br. The van der Waals surface area contributed by atoms with Crippen LogP contribution in [-0.2, 0) is 6.54 Å². The van der Waals surface area contributed by atoms with Crippen LogP contribution in [0.25, 0.3) is 0 Å². The largest absolute Gasteiger partial charge is 0.310 e. The zero-order chi connectivity index (χ0) is 12.2. The second-order valence-electron chi connectivity index (χ2n) is 5.18. The Bertz CT molecular complexity index is 319. The van der Waals surface area contributed by atoms with Crippen LogP contribution in [0.2, 0.25) is 0 Å². The minimum Gasteiger partial charge on any atom is -0.310 e. The van der Waals surface area contributed by atoms with Crippen molar-refractivity contribution in [1.29, 1.82) is 0 Å². The quantitative estimate of drug-likeness (QED) is 0.778. The van der Waals surface area contributed by atoms with Gasteiger partial charge >= 0.3 is 0 Å². The highest BCUT2D eigenvalue weighted by Crippen LogP contribution is 2.24. The Labute approximate surface area is 116 Å². The second kappa shape index (κ2) is 6.39. The van der Waals surface area contributed by atoms with Crippen LogP contribution in [0.15, 0.2) is 15.9 Å². The summed E-state index contributed by atoms with van der Waals surface area (Å²) in [4.78, 5) is 1.33. The van der Waals surface area contributed by atoms with Crippen LogP contribution in [0.5, 0.6) is 0 Å². The molecular formula is C12H19BrClNS. The summed E-state index contributed by atoms with van der Waals surface area (Å²) in [7, 11) is 0. The van der Waals surface area contributed by atoms with Gasteiger partial charge in [-0.25, -0.2) is 0 Å². The number of hydrogen-bond donors (Lipinski definition) is 1. The van der Waals surface area contributed by atoms with Crippen LogP contribution < -0.4 is 5.32 Å². The van der Waals surface area contributed by atoms with E-state index in [9.17, 15) is 0 Å². The van der Waals surface area contributed by atoms with Crippen molar-refractivity contribution >= 4 is 38.9 Å². The summed E-state index contributed by atoms with van der Waals surface area (Å²) >= 11 is 11.6. The molecule has 1 unspecified atom stereocenters. The summed E-state index contributed by atoms with van der Waals surface area (Å²) in [6, 6.07) is 2.08. The van der Waals surface area contributed by atoms with Gasteiger partial charge in [-0.1, -0.05) is 20.8 Å². The third-order valence-electron chi connectivity index (χ3n) is 2.18. The Morgan fingerprint density at radius 1 is 1.50 bits per heavy atom. The molecule has 0 fully saturated rings. The highest BCUT2D eigenvalue weighted by molar-refractivity contribution is 9.10. The van der Waals surface area contributed by atoms with Crippen LogP contribution in [0.4, 0.5) is 0 Å². The monoisotopic (exact) mass is 323 g/mol. The van der Waals surface area contributed by atoms with E-state index in [1.807, 2.05) is 0 Å². The highest BCUT2D eigenvalue weighted by atomic mass is 79.9. The van der Waals surface area contributed by atoms with E-state index in [0.29, 0.717) is 5.41 Å². The first-order valence-electron chi connectivity index (χ1n) is 5.45. The number of rotatable bonds is 5. The van der Waals surface area contributed by atoms with Gasteiger partial charge in [0.25, 0.3) is 0 Å². The van der Waals surface area contributed by atoms with Crippen molar-refractivity contribution in [1.82, 2.24) is 5.32 Å². The maximum atomic E-state index is 6.27. The smallest absolute Gasteiger partial charge is 0.0465 e. The maximum absolute atomic E-state index is 6.27. The summed E-state index contributed by atoms with van der Waals surface area (Å²) in [5.74, 6) is 0. The zero-order valence-electron chi connectivity index (χ0n) is 10.0. The van der Waals surface area contributed by atoms with Crippen molar-refractivity contribution in [3.63, 3.8) is 0 Å². The van der Waals surface area contributed by atoms with Gasteiger partial charge in [0.1, 0.15) is 0 Å². The molecule has 1 aromatic heterocycles. The van der Waals surface area contributed by atoms with Gasteiger partial charge in [0.15, 0.2) is 0 Å². The summed E-state index contributed by atoms with van der Waals surface area (Å²) < 4.78 is 1.19. The van der Waals surface area contributed by atoms with E-state index in [2.05, 4.69) is 53.5 Å². The molecule has 0 amide bonds. The number of thiophene rings is 1. The Morgan fingerprint density at radius 2 is 2.19 bits per heavy atom. The molecule has 0 aliphatic rings. The molecule has 0 saturated heterocycles. The zero-order valence-corrected chi connectivity index (χ0v) is 13.2. The van der Waals surface area contributed by atoms with E-state index in [-0.39, 0.29) is 5.38 Å². The molecule has 0 aliphatic carbocycles. The molecule has 1 N–H and O–H groups in total. The number of hydrogen-bond acceptors (Lipinski definition) is 2. The van der Waals surface area contributed by atoms with Crippen molar-refractivity contribution in [2.75, 3.05) is 6.54 Å². The highest BCUT2D eigenvalue weighted by Gasteiger charge is 2.16. The van der Waals surface area contributed by atoms with Gasteiger partial charge in [-0.2, -0.15) is 0 Å². The van der Waals surface area contributed by atoms with Gasteiger partial charge in [0.05, 0.1) is 0 Å². The van der Waals surface area contributed by atoms with E-state index in [0.717, 1.165) is 19.5 Å². The number of nitrogens with one attached hydrogen (secondary N) is 1. The molecule has 0 aromatic carbocycles. The molecule has 1 nitrogen and oxygen atoms in total. The number of halogens is 2. The third-order valence-corrected chi connectivity index (χ3v) is 4.41. The summed E-state index contributed by atoms with van der Waals surface area (Å²) in [5.41, 5.74) is 0.303. The lowest BCUT2D eigenvalue weighted by Crippen LogP contribution is -2.26. The normalized spacial score (nSPS) is 14.1. The van der Waals surface area contributed by atoms with Crippen molar-refractivity contribution in [2.45, 2.75) is 39.1 Å². The predicted octanol–water partition coefficient (Wildman–Crippen LogP) is 4.64. The molecule has 1 rings (SSSR count). The molecule has 16 heavy (non-hydrogen) atoms. The molecule has 0 spiro atoms. The van der Waals surface area contributed by atoms with Gasteiger partial charge in [-0.05, 0) is 39.2 Å². The predicted molar refractivity (Wildman–Crippen MR) is 77.4 cm³/mol. The Morgan fingerprint density at radius 3 is 2.69 bits per heavy atom. The molecule has 1 atom stereocenters. The molecule has 92 valence electrons. The van der Waals surface area contributed by atoms with Crippen molar-refractivity contribution in [2.24, 2.45) is 5.41 Å². The average molecular weight is 325 g/mol. The van der Waals surface area contributed by atoms with Gasteiger partial charge in [0, 0.05) is 27.8 Å². The van der Waals surface area contributed by atoms with Crippen molar-refractivity contribution in [3.8, 4) is 0 Å². The summed E-state index contributed by atoms with van der Waals surface area (Å²) in [6.07, 6.45) is 1.03. The van der Waals surface area contributed by atoms with Gasteiger partial charge in [0.2, 0.25) is 0 Å². The molecular weight excluding hydrogens is 306 g/mol. The fraction of sp³-hybridized carbons (Fsp3) is 0.667. The minimum absolute atomic E-state index is 0.207. The molecule has 0 saturated carbocycles. The summed E-state index contributed by atoms with van der Waals surface area (Å²) in [5, 5.41) is 5.70. The lowest BCUT2D eigenvalue weighted by atomic mass is 9.90. The fourth-order valence-electron chi connectivity index (χ4n) is 1.53. The lowest BCUT2D eigenvalue weighted by Gasteiger charge is -2.21. The van der Waals surface area contributed by atoms with E-state index in [1.54, 1.807) is 11.3 Å². The van der Waals surface area contributed by atoms with Crippen LogP contribution in [0.1, 0.15) is 32.1 Å². The molecule has 0 aliphatic heterocycles. The van der Waals surface area contributed by atoms with E-state index in [1.165, 1.54) is 9.35 Å². The molecule has 0 bridgehead atoms. The first-order valence-corrected chi connectivity index (χ1v) is 7.56. The average Bonchev–Trinajstić information content (AvgIpc) is 2.48. The first-order chi connectivity index (χ1) is 7.38. The Balaban J connectivity index is 2.23. The fourth-order valence-corrected chi connectivity index (χ4v) is 3.56. The lowest BCUT2D eigenvalue weighted by molar-refractivity contribution is 0.364. The van der Waals surface area contributed by atoms with E-state index in [4.69, 9.17) is 11.6 Å². The van der Waals surface area contributed by atoms with Gasteiger partial charge in [-0.3, -0.25) is 0 Å². The first kappa shape index (κ1) is 14.5. The summed E-state index contributed by atoms with van der Waals surface area (Å²) in [6.45, 7) is 8.42. The molecule has 4 heteroatoms. The van der Waals surface area contributed by atoms with Gasteiger partial charge < -0.3 is 5.32 Å². The third kappa shape index (κ3) is 5.67. The number of alkyl halides is 1. The van der Waals surface area contributed by atoms with Crippen LogP contribution in [0.3, 0.4) is 0 Å². The maximum Gasteiger partial charge on any atom is 0.0465 e. The van der Waals surface area contributed by atoms with Crippen LogP contribution in [-0.4, -0.2) is 11.9 Å². The van der Waals surface area contributed by atoms with E-state index >= 15 is 0 Å². The van der Waals surface area contributed by atoms with Gasteiger partial charge in [-0.15, -0.1) is 22.9 Å². The van der Waals surface area contributed by atoms with Crippen molar-refractivity contribution < 1.29 is 0 Å². The van der Waals surface area contributed by atoms with E-state index < -0.39 is 0 Å². The topological polar surface area (TPSA) is 12.0 Å². The molecule has 0 radical (unpaired) electrons. The Hall–Kier alpha value is 0.430. The second-order valence-corrected chi connectivity index (χ2v) is 7.66. The van der Waals surface area contributed by atoms with Crippen molar-refractivity contribution in [3.05, 3.63) is 20.8 Å². The minimum atomic E-state index is 0.207. The standard InChI is InChI=1S/C12H19BrClNS/c1-12(2,3)6-9(14)7-15-8-11-10(13)4-5-16-11/h4-5,9,15H,6-8H2,1-3H3.